The van der Waals surface area contributed by atoms with Crippen molar-refractivity contribution in [3.05, 3.63) is 45.3 Å². The summed E-state index contributed by atoms with van der Waals surface area (Å²) in [5.74, 6) is -0.285. The molecule has 1 heterocycles. The van der Waals surface area contributed by atoms with E-state index >= 15 is 0 Å². The summed E-state index contributed by atoms with van der Waals surface area (Å²) in [6.45, 7) is 0. The van der Waals surface area contributed by atoms with Crippen molar-refractivity contribution in [2.75, 3.05) is 5.73 Å². The number of hydrogen-bond acceptors (Lipinski definition) is 4. The summed E-state index contributed by atoms with van der Waals surface area (Å²) >= 11 is 8.82. The molecule has 0 atom stereocenters. The van der Waals surface area contributed by atoms with E-state index in [4.69, 9.17) is 27.3 Å². The van der Waals surface area contributed by atoms with E-state index in [1.165, 1.54) is 18.2 Å². The number of nitrogen functional groups attached to an aromatic ring is 1. The van der Waals surface area contributed by atoms with Gasteiger partial charge in [0.2, 0.25) is 5.88 Å². The molecule has 2 aromatic rings. The van der Waals surface area contributed by atoms with E-state index in [9.17, 15) is 4.39 Å². The third-order valence-corrected chi connectivity index (χ3v) is 3.11. The van der Waals surface area contributed by atoms with Crippen LogP contribution >= 0.6 is 27.5 Å². The predicted octanol–water partition coefficient (Wildman–Crippen LogP) is 3.88. The summed E-state index contributed by atoms with van der Waals surface area (Å²) in [6, 6.07) is 7.29. The zero-order valence-corrected chi connectivity index (χ0v) is 11.7. The van der Waals surface area contributed by atoms with Gasteiger partial charge in [-0.1, -0.05) is 11.6 Å². The fraction of sp³-hybridized carbons (Fsp3) is 0. The second kappa shape index (κ2) is 5.43. The number of nitrogens with zero attached hydrogens (tertiary/aromatic N) is 2. The summed E-state index contributed by atoms with van der Waals surface area (Å²) in [4.78, 5) is 3.89. The van der Waals surface area contributed by atoms with Crippen molar-refractivity contribution in [1.82, 2.24) is 4.98 Å². The molecule has 0 radical (unpaired) electrons. The average molecular weight is 343 g/mol. The Hall–Kier alpha value is -1.84. The lowest BCUT2D eigenvalue weighted by Gasteiger charge is -2.08. The van der Waals surface area contributed by atoms with E-state index < -0.39 is 5.82 Å². The van der Waals surface area contributed by atoms with Crippen LogP contribution in [-0.2, 0) is 0 Å². The number of aromatic nitrogens is 1. The Bertz CT molecular complexity index is 687. The summed E-state index contributed by atoms with van der Waals surface area (Å²) in [6.07, 6.45) is 0. The number of pyridine rings is 1. The van der Waals surface area contributed by atoms with E-state index in [0.29, 0.717) is 4.47 Å². The zero-order chi connectivity index (χ0) is 14.0. The Balaban J connectivity index is 2.37. The van der Waals surface area contributed by atoms with Crippen molar-refractivity contribution >= 4 is 33.2 Å². The normalized spacial score (nSPS) is 10.0. The van der Waals surface area contributed by atoms with E-state index in [2.05, 4.69) is 20.9 Å². The molecule has 0 aliphatic carbocycles. The van der Waals surface area contributed by atoms with Gasteiger partial charge in [0.15, 0.2) is 5.69 Å². The Morgan fingerprint density at radius 2 is 2.16 bits per heavy atom. The number of nitriles is 1. The van der Waals surface area contributed by atoms with Gasteiger partial charge in [0.05, 0.1) is 15.2 Å². The summed E-state index contributed by atoms with van der Waals surface area (Å²) in [7, 11) is 0. The Morgan fingerprint density at radius 1 is 1.42 bits per heavy atom. The van der Waals surface area contributed by atoms with Gasteiger partial charge in [0, 0.05) is 12.1 Å². The number of ether oxygens (including phenoxy) is 1. The van der Waals surface area contributed by atoms with Gasteiger partial charge in [-0.2, -0.15) is 5.26 Å². The molecule has 0 bridgehead atoms. The van der Waals surface area contributed by atoms with Gasteiger partial charge in [-0.15, -0.1) is 0 Å². The topological polar surface area (TPSA) is 71.9 Å². The van der Waals surface area contributed by atoms with Gasteiger partial charge in [0.25, 0.3) is 0 Å². The summed E-state index contributed by atoms with van der Waals surface area (Å²) in [5, 5.41) is 8.78. The summed E-state index contributed by atoms with van der Waals surface area (Å²) in [5.41, 5.74) is 5.83. The third-order valence-electron chi connectivity index (χ3n) is 2.20. The molecule has 0 saturated heterocycles. The highest BCUT2D eigenvalue weighted by Crippen LogP contribution is 2.33. The van der Waals surface area contributed by atoms with Crippen LogP contribution in [0.15, 0.2) is 28.7 Å². The third kappa shape index (κ3) is 2.95. The van der Waals surface area contributed by atoms with Crippen molar-refractivity contribution in [3.63, 3.8) is 0 Å². The molecule has 0 unspecified atom stereocenters. The molecule has 2 N–H and O–H groups in total. The lowest BCUT2D eigenvalue weighted by Crippen LogP contribution is -1.96. The van der Waals surface area contributed by atoms with Crippen molar-refractivity contribution in [2.24, 2.45) is 0 Å². The minimum absolute atomic E-state index is 0.0257. The molecule has 1 aromatic carbocycles. The highest BCUT2D eigenvalue weighted by atomic mass is 79.9. The number of rotatable bonds is 2. The van der Waals surface area contributed by atoms with Crippen LogP contribution in [0.5, 0.6) is 11.6 Å². The smallest absolute Gasteiger partial charge is 0.220 e. The van der Waals surface area contributed by atoms with Gasteiger partial charge < -0.3 is 10.5 Å². The molecule has 96 valence electrons. The number of hydrogen-bond donors (Lipinski definition) is 1. The van der Waals surface area contributed by atoms with Crippen LogP contribution in [0.25, 0.3) is 0 Å². The van der Waals surface area contributed by atoms with Gasteiger partial charge in [-0.3, -0.25) is 0 Å². The molecule has 19 heavy (non-hydrogen) atoms. The van der Waals surface area contributed by atoms with Crippen LogP contribution in [0.1, 0.15) is 5.69 Å². The minimum atomic E-state index is -0.615. The minimum Gasteiger partial charge on any atom is -0.438 e. The first-order chi connectivity index (χ1) is 9.01. The van der Waals surface area contributed by atoms with Crippen LogP contribution in [0.4, 0.5) is 10.1 Å². The maximum atomic E-state index is 13.3. The van der Waals surface area contributed by atoms with Crippen molar-refractivity contribution in [3.8, 4) is 17.7 Å². The molecular weight excluding hydrogens is 337 g/mol. The molecule has 0 spiro atoms. The van der Waals surface area contributed by atoms with E-state index in [1.54, 1.807) is 0 Å². The fourth-order valence-electron chi connectivity index (χ4n) is 1.29. The van der Waals surface area contributed by atoms with Crippen molar-refractivity contribution in [2.45, 2.75) is 0 Å². The molecule has 1 aromatic heterocycles. The molecule has 7 heteroatoms. The molecule has 0 saturated carbocycles. The van der Waals surface area contributed by atoms with Gasteiger partial charge in [-0.05, 0) is 28.1 Å². The number of benzene rings is 1. The first-order valence-electron chi connectivity index (χ1n) is 5.00. The van der Waals surface area contributed by atoms with E-state index in [-0.39, 0.29) is 28.0 Å². The van der Waals surface area contributed by atoms with Crippen molar-refractivity contribution in [1.29, 1.82) is 5.26 Å². The second-order valence-corrected chi connectivity index (χ2v) is 4.76. The van der Waals surface area contributed by atoms with Crippen LogP contribution in [0.3, 0.4) is 0 Å². The lowest BCUT2D eigenvalue weighted by molar-refractivity contribution is 0.455. The van der Waals surface area contributed by atoms with Crippen LogP contribution in [0.2, 0.25) is 5.02 Å². The number of nitrogens with two attached hydrogens (primary N) is 1. The van der Waals surface area contributed by atoms with Gasteiger partial charge in [-0.25, -0.2) is 9.37 Å². The van der Waals surface area contributed by atoms with Gasteiger partial charge >= 0.3 is 0 Å². The van der Waals surface area contributed by atoms with Crippen molar-refractivity contribution < 1.29 is 9.13 Å². The standard InChI is InChI=1S/C12H6BrClFN3O/c13-6-3-7(14)8(15)4-11(6)19-12-2-1-9(17)10(5-16)18-12/h1-4H,17H2. The zero-order valence-electron chi connectivity index (χ0n) is 9.32. The van der Waals surface area contributed by atoms with Crippen LogP contribution < -0.4 is 10.5 Å². The molecular formula is C12H6BrClFN3O. The van der Waals surface area contributed by atoms with Crippen LogP contribution in [-0.4, -0.2) is 4.98 Å². The number of anilines is 1. The molecule has 4 nitrogen and oxygen atoms in total. The second-order valence-electron chi connectivity index (χ2n) is 3.50. The predicted molar refractivity (Wildman–Crippen MR) is 72.5 cm³/mol. The highest BCUT2D eigenvalue weighted by molar-refractivity contribution is 9.10. The largest absolute Gasteiger partial charge is 0.438 e. The first kappa shape index (κ1) is 13.6. The molecule has 0 fully saturated rings. The highest BCUT2D eigenvalue weighted by Gasteiger charge is 2.10. The molecule has 2 rings (SSSR count). The Morgan fingerprint density at radius 3 is 2.84 bits per heavy atom. The monoisotopic (exact) mass is 341 g/mol. The quantitative estimate of drug-likeness (QED) is 0.841. The molecule has 0 amide bonds. The lowest BCUT2D eigenvalue weighted by atomic mass is 10.3. The van der Waals surface area contributed by atoms with Crippen LogP contribution in [0, 0.1) is 17.1 Å². The summed E-state index contributed by atoms with van der Waals surface area (Å²) < 4.78 is 19.2. The molecule has 0 aliphatic rings. The SMILES string of the molecule is N#Cc1nc(Oc2cc(F)c(Cl)cc2Br)ccc1N. The fourth-order valence-corrected chi connectivity index (χ4v) is 2.01. The van der Waals surface area contributed by atoms with E-state index in [0.717, 1.165) is 6.07 Å². The number of halogens is 3. The van der Waals surface area contributed by atoms with E-state index in [1.807, 2.05) is 6.07 Å². The van der Waals surface area contributed by atoms with Gasteiger partial charge in [0.1, 0.15) is 17.6 Å². The molecule has 0 aliphatic heterocycles. The average Bonchev–Trinajstić information content (AvgIpc) is 2.38. The maximum absolute atomic E-state index is 13.3. The first-order valence-corrected chi connectivity index (χ1v) is 6.17. The maximum Gasteiger partial charge on any atom is 0.220 e. The Kier molecular flexibility index (Phi) is 3.88. The Labute approximate surface area is 121 Å².